The number of aliphatic hydroxyl groups is 1. The average molecular weight is 222 g/mol. The van der Waals surface area contributed by atoms with Gasteiger partial charge in [-0.1, -0.05) is 32.9 Å². The van der Waals surface area contributed by atoms with E-state index in [0.29, 0.717) is 5.92 Å². The van der Waals surface area contributed by atoms with Gasteiger partial charge in [-0.05, 0) is 35.4 Å². The third-order valence-corrected chi connectivity index (χ3v) is 3.50. The van der Waals surface area contributed by atoms with Crippen LogP contribution in [0.15, 0.2) is 24.3 Å². The van der Waals surface area contributed by atoms with Gasteiger partial charge in [0.1, 0.15) is 5.75 Å². The Kier molecular flexibility index (Phi) is 4.36. The molecule has 0 aliphatic heterocycles. The number of benzene rings is 1. The Bertz CT molecular complexity index is 333. The molecule has 0 saturated carbocycles. The maximum absolute atomic E-state index is 9.51. The maximum Gasteiger partial charge on any atom is 0.119 e. The van der Waals surface area contributed by atoms with Gasteiger partial charge in [-0.3, -0.25) is 0 Å². The number of aliphatic hydroxyl groups excluding tert-OH is 1. The normalized spacial score (nSPS) is 14.9. The van der Waals surface area contributed by atoms with E-state index in [1.54, 1.807) is 7.11 Å². The minimum atomic E-state index is -0.0631. The van der Waals surface area contributed by atoms with E-state index in [9.17, 15) is 5.11 Å². The molecule has 0 spiro atoms. The van der Waals surface area contributed by atoms with Crippen LogP contribution < -0.4 is 4.74 Å². The molecule has 1 rings (SSSR count). The molecule has 0 saturated heterocycles. The summed E-state index contributed by atoms with van der Waals surface area (Å²) in [7, 11) is 1.67. The summed E-state index contributed by atoms with van der Waals surface area (Å²) >= 11 is 0. The number of hydrogen-bond donors (Lipinski definition) is 1. The van der Waals surface area contributed by atoms with Gasteiger partial charge >= 0.3 is 0 Å². The molecular formula is C14H22O2. The number of ether oxygens (including phenoxy) is 1. The molecule has 0 radical (unpaired) electrons. The van der Waals surface area contributed by atoms with Gasteiger partial charge in [-0.15, -0.1) is 0 Å². The Labute approximate surface area is 98.3 Å². The topological polar surface area (TPSA) is 29.5 Å². The van der Waals surface area contributed by atoms with Gasteiger partial charge in [0.05, 0.1) is 7.11 Å². The monoisotopic (exact) mass is 222 g/mol. The van der Waals surface area contributed by atoms with E-state index in [-0.39, 0.29) is 12.0 Å². The van der Waals surface area contributed by atoms with Crippen LogP contribution in [0.5, 0.6) is 5.75 Å². The van der Waals surface area contributed by atoms with Crippen molar-refractivity contribution in [3.8, 4) is 5.75 Å². The van der Waals surface area contributed by atoms with Gasteiger partial charge in [0.2, 0.25) is 0 Å². The Morgan fingerprint density at radius 1 is 1.38 bits per heavy atom. The lowest BCUT2D eigenvalue weighted by Gasteiger charge is -2.31. The summed E-state index contributed by atoms with van der Waals surface area (Å²) in [6.45, 7) is 6.63. The van der Waals surface area contributed by atoms with Crippen LogP contribution in [0.3, 0.4) is 0 Å². The predicted molar refractivity (Wildman–Crippen MR) is 66.7 cm³/mol. The first-order valence-electron chi connectivity index (χ1n) is 5.75. The van der Waals surface area contributed by atoms with Gasteiger partial charge in [0.15, 0.2) is 0 Å². The van der Waals surface area contributed by atoms with E-state index in [4.69, 9.17) is 4.74 Å². The van der Waals surface area contributed by atoms with Crippen LogP contribution >= 0.6 is 0 Å². The van der Waals surface area contributed by atoms with Gasteiger partial charge in [-0.25, -0.2) is 0 Å². The van der Waals surface area contributed by atoms with Crippen LogP contribution in [0.1, 0.15) is 26.3 Å². The third kappa shape index (κ3) is 2.99. The fourth-order valence-electron chi connectivity index (χ4n) is 1.69. The molecule has 2 nitrogen and oxygen atoms in total. The first-order chi connectivity index (χ1) is 7.51. The van der Waals surface area contributed by atoms with Crippen LogP contribution in [0.2, 0.25) is 0 Å². The SMILES string of the molecule is COc1cccc(CC(C)(CO)C(C)C)c1. The second kappa shape index (κ2) is 5.35. The van der Waals surface area contributed by atoms with Gasteiger partial charge in [0, 0.05) is 6.61 Å². The second-order valence-electron chi connectivity index (χ2n) is 5.00. The van der Waals surface area contributed by atoms with Gasteiger partial charge in [0.25, 0.3) is 0 Å². The highest BCUT2D eigenvalue weighted by atomic mass is 16.5. The summed E-state index contributed by atoms with van der Waals surface area (Å²) in [5.41, 5.74) is 1.15. The zero-order valence-electron chi connectivity index (χ0n) is 10.7. The molecule has 2 heteroatoms. The molecule has 1 aromatic carbocycles. The Hall–Kier alpha value is -1.02. The molecule has 0 amide bonds. The smallest absolute Gasteiger partial charge is 0.119 e. The van der Waals surface area contributed by atoms with E-state index in [1.165, 1.54) is 5.56 Å². The van der Waals surface area contributed by atoms with Crippen LogP contribution in [-0.2, 0) is 6.42 Å². The average Bonchev–Trinajstić information content (AvgIpc) is 2.29. The summed E-state index contributed by atoms with van der Waals surface area (Å²) in [6, 6.07) is 8.05. The minimum absolute atomic E-state index is 0.0631. The van der Waals surface area contributed by atoms with Crippen LogP contribution in [0.25, 0.3) is 0 Å². The van der Waals surface area contributed by atoms with E-state index in [0.717, 1.165) is 12.2 Å². The van der Waals surface area contributed by atoms with Crippen molar-refractivity contribution >= 4 is 0 Å². The standard InChI is InChI=1S/C14H22O2/c1-11(2)14(3,10-15)9-12-6-5-7-13(8-12)16-4/h5-8,11,15H,9-10H2,1-4H3. The molecule has 0 aliphatic rings. The molecule has 1 unspecified atom stereocenters. The quantitative estimate of drug-likeness (QED) is 0.830. The highest BCUT2D eigenvalue weighted by Gasteiger charge is 2.27. The molecule has 0 bridgehead atoms. The molecule has 1 N–H and O–H groups in total. The Morgan fingerprint density at radius 3 is 2.56 bits per heavy atom. The van der Waals surface area contributed by atoms with Crippen molar-refractivity contribution in [2.45, 2.75) is 27.2 Å². The van der Waals surface area contributed by atoms with E-state index in [2.05, 4.69) is 26.8 Å². The van der Waals surface area contributed by atoms with Crippen molar-refractivity contribution in [1.82, 2.24) is 0 Å². The highest BCUT2D eigenvalue weighted by Crippen LogP contribution is 2.31. The van der Waals surface area contributed by atoms with Crippen LogP contribution in [0, 0.1) is 11.3 Å². The summed E-state index contributed by atoms with van der Waals surface area (Å²) in [6.07, 6.45) is 0.873. The minimum Gasteiger partial charge on any atom is -0.497 e. The van der Waals surface area contributed by atoms with Crippen molar-refractivity contribution < 1.29 is 9.84 Å². The van der Waals surface area contributed by atoms with Crippen LogP contribution in [-0.4, -0.2) is 18.8 Å². The number of rotatable bonds is 5. The third-order valence-electron chi connectivity index (χ3n) is 3.50. The molecule has 16 heavy (non-hydrogen) atoms. The van der Waals surface area contributed by atoms with E-state index >= 15 is 0 Å². The van der Waals surface area contributed by atoms with Crippen molar-refractivity contribution in [3.05, 3.63) is 29.8 Å². The lowest BCUT2D eigenvalue weighted by atomic mass is 9.75. The zero-order valence-corrected chi connectivity index (χ0v) is 10.7. The number of hydrogen-bond acceptors (Lipinski definition) is 2. The fraction of sp³-hybridized carbons (Fsp3) is 0.571. The summed E-state index contributed by atoms with van der Waals surface area (Å²) < 4.78 is 5.20. The summed E-state index contributed by atoms with van der Waals surface area (Å²) in [4.78, 5) is 0. The zero-order chi connectivity index (χ0) is 12.2. The molecule has 0 aliphatic carbocycles. The van der Waals surface area contributed by atoms with E-state index < -0.39 is 0 Å². The van der Waals surface area contributed by atoms with Crippen molar-refractivity contribution in [3.63, 3.8) is 0 Å². The molecule has 1 atom stereocenters. The molecule has 1 aromatic rings. The molecular weight excluding hydrogens is 200 g/mol. The molecule has 0 heterocycles. The van der Waals surface area contributed by atoms with Crippen molar-refractivity contribution in [1.29, 1.82) is 0 Å². The van der Waals surface area contributed by atoms with Crippen molar-refractivity contribution in [2.24, 2.45) is 11.3 Å². The number of methoxy groups -OCH3 is 1. The molecule has 0 fully saturated rings. The first kappa shape index (κ1) is 13.0. The molecule has 0 aromatic heterocycles. The fourth-order valence-corrected chi connectivity index (χ4v) is 1.69. The first-order valence-corrected chi connectivity index (χ1v) is 5.75. The van der Waals surface area contributed by atoms with E-state index in [1.807, 2.05) is 18.2 Å². The Morgan fingerprint density at radius 2 is 2.06 bits per heavy atom. The maximum atomic E-state index is 9.51. The largest absolute Gasteiger partial charge is 0.497 e. The highest BCUT2D eigenvalue weighted by molar-refractivity contribution is 5.29. The lowest BCUT2D eigenvalue weighted by molar-refractivity contribution is 0.0947. The van der Waals surface area contributed by atoms with Gasteiger partial charge < -0.3 is 9.84 Å². The van der Waals surface area contributed by atoms with Crippen molar-refractivity contribution in [2.75, 3.05) is 13.7 Å². The Balaban J connectivity index is 2.85. The van der Waals surface area contributed by atoms with Gasteiger partial charge in [-0.2, -0.15) is 0 Å². The summed E-state index contributed by atoms with van der Waals surface area (Å²) in [5, 5.41) is 9.51. The summed E-state index contributed by atoms with van der Waals surface area (Å²) in [5.74, 6) is 1.32. The second-order valence-corrected chi connectivity index (χ2v) is 5.00. The van der Waals surface area contributed by atoms with Crippen LogP contribution in [0.4, 0.5) is 0 Å². The molecule has 90 valence electrons. The lowest BCUT2D eigenvalue weighted by Crippen LogP contribution is -2.30. The predicted octanol–water partition coefficient (Wildman–Crippen LogP) is 2.89.